The van der Waals surface area contributed by atoms with E-state index in [1.54, 1.807) is 0 Å². The number of aromatic nitrogens is 2. The molecule has 1 aromatic heterocycles. The number of nitrogens with one attached hydrogen (secondary N) is 1. The lowest BCUT2D eigenvalue weighted by molar-refractivity contribution is -0.121. The van der Waals surface area contributed by atoms with Gasteiger partial charge in [0.15, 0.2) is 5.82 Å². The third kappa shape index (κ3) is 5.01. The molecule has 24 heavy (non-hydrogen) atoms. The van der Waals surface area contributed by atoms with E-state index in [2.05, 4.69) is 32.3 Å². The summed E-state index contributed by atoms with van der Waals surface area (Å²) >= 11 is 0. The van der Waals surface area contributed by atoms with Crippen LogP contribution in [0.2, 0.25) is 0 Å². The van der Waals surface area contributed by atoms with Gasteiger partial charge in [-0.3, -0.25) is 4.79 Å². The molecule has 7 heteroatoms. The first-order valence-corrected chi connectivity index (χ1v) is 9.21. The number of hydrogen-bond acceptors (Lipinski definition) is 6. The highest BCUT2D eigenvalue weighted by Gasteiger charge is 2.22. The van der Waals surface area contributed by atoms with Gasteiger partial charge in [-0.25, -0.2) is 0 Å². The summed E-state index contributed by atoms with van der Waals surface area (Å²) in [5, 5.41) is 6.99. The van der Waals surface area contributed by atoms with E-state index in [0.29, 0.717) is 31.1 Å². The van der Waals surface area contributed by atoms with Crippen LogP contribution in [0.4, 0.5) is 0 Å². The summed E-state index contributed by atoms with van der Waals surface area (Å²) in [6, 6.07) is 0. The van der Waals surface area contributed by atoms with Crippen LogP contribution in [-0.4, -0.2) is 72.2 Å². The summed E-state index contributed by atoms with van der Waals surface area (Å²) in [4.78, 5) is 21.1. The Morgan fingerprint density at radius 3 is 2.75 bits per heavy atom. The second-order valence-electron chi connectivity index (χ2n) is 7.03. The third-order valence-corrected chi connectivity index (χ3v) is 5.11. The number of carbonyl (C=O) groups is 1. The van der Waals surface area contributed by atoms with Crippen molar-refractivity contribution < 1.29 is 9.32 Å². The van der Waals surface area contributed by atoms with E-state index in [1.165, 1.54) is 12.8 Å². The standard InChI is InChI=1S/C17H29N5O2/c1-21-10-12-22(13-11-21)9-7-16(23)18-8-6-15-19-17(24-20-15)14-4-2-3-5-14/h14H,2-13H2,1H3,(H,18,23). The van der Waals surface area contributed by atoms with Crippen LogP contribution in [0.15, 0.2) is 4.52 Å². The fraction of sp³-hybridized carbons (Fsp3) is 0.824. The Balaban J connectivity index is 1.30. The van der Waals surface area contributed by atoms with Gasteiger partial charge in [-0.2, -0.15) is 4.98 Å². The molecule has 1 aliphatic carbocycles. The molecule has 1 amide bonds. The van der Waals surface area contributed by atoms with Crippen LogP contribution in [-0.2, 0) is 11.2 Å². The molecule has 1 N–H and O–H groups in total. The van der Waals surface area contributed by atoms with Crippen molar-refractivity contribution in [1.82, 2.24) is 25.3 Å². The fourth-order valence-corrected chi connectivity index (χ4v) is 3.44. The average Bonchev–Trinajstić information content (AvgIpc) is 3.25. The highest BCUT2D eigenvalue weighted by atomic mass is 16.5. The van der Waals surface area contributed by atoms with Crippen LogP contribution in [0, 0.1) is 0 Å². The predicted molar refractivity (Wildman–Crippen MR) is 90.8 cm³/mol. The summed E-state index contributed by atoms with van der Waals surface area (Å²) in [6.45, 7) is 5.69. The molecule has 2 heterocycles. The number of hydrogen-bond donors (Lipinski definition) is 1. The number of amides is 1. The Kier molecular flexibility index (Phi) is 6.20. The summed E-state index contributed by atoms with van der Waals surface area (Å²) in [5.74, 6) is 2.04. The smallest absolute Gasteiger partial charge is 0.229 e. The number of likely N-dealkylation sites (N-methyl/N-ethyl adjacent to an activating group) is 1. The number of nitrogens with zero attached hydrogens (tertiary/aromatic N) is 4. The lowest BCUT2D eigenvalue weighted by Crippen LogP contribution is -2.45. The molecule has 0 bridgehead atoms. The summed E-state index contributed by atoms with van der Waals surface area (Å²) in [7, 11) is 2.14. The van der Waals surface area contributed by atoms with E-state index >= 15 is 0 Å². The van der Waals surface area contributed by atoms with Gasteiger partial charge in [-0.1, -0.05) is 18.0 Å². The van der Waals surface area contributed by atoms with E-state index < -0.39 is 0 Å². The Hall–Kier alpha value is -1.47. The zero-order valence-electron chi connectivity index (χ0n) is 14.7. The van der Waals surface area contributed by atoms with Crippen LogP contribution >= 0.6 is 0 Å². The Bertz CT molecular complexity index is 519. The molecule has 2 aliphatic rings. The average molecular weight is 335 g/mol. The SMILES string of the molecule is CN1CCN(CCC(=O)NCCc2noc(C3CCCC3)n2)CC1. The van der Waals surface area contributed by atoms with Gasteiger partial charge in [-0.05, 0) is 19.9 Å². The molecule has 1 saturated carbocycles. The van der Waals surface area contributed by atoms with E-state index in [1.807, 2.05) is 0 Å². The van der Waals surface area contributed by atoms with Crippen molar-refractivity contribution in [3.05, 3.63) is 11.7 Å². The predicted octanol–water partition coefficient (Wildman–Crippen LogP) is 1.02. The van der Waals surface area contributed by atoms with Crippen molar-refractivity contribution in [2.45, 2.75) is 44.4 Å². The lowest BCUT2D eigenvalue weighted by Gasteiger charge is -2.32. The highest BCUT2D eigenvalue weighted by molar-refractivity contribution is 5.76. The number of rotatable bonds is 7. The Labute approximate surface area is 143 Å². The molecule has 0 radical (unpaired) electrons. The molecular weight excluding hydrogens is 306 g/mol. The minimum absolute atomic E-state index is 0.105. The number of carbonyl (C=O) groups excluding carboxylic acids is 1. The summed E-state index contributed by atoms with van der Waals surface area (Å²) in [5.41, 5.74) is 0. The second kappa shape index (κ2) is 8.58. The van der Waals surface area contributed by atoms with Crippen molar-refractivity contribution >= 4 is 5.91 Å². The first-order chi connectivity index (χ1) is 11.7. The van der Waals surface area contributed by atoms with E-state index in [4.69, 9.17) is 4.52 Å². The molecule has 2 fully saturated rings. The minimum Gasteiger partial charge on any atom is -0.356 e. The normalized spacial score (nSPS) is 20.5. The molecule has 7 nitrogen and oxygen atoms in total. The summed E-state index contributed by atoms with van der Waals surface area (Å²) in [6.07, 6.45) is 6.02. The molecule has 0 spiro atoms. The minimum atomic E-state index is 0.105. The molecule has 1 saturated heterocycles. The first kappa shape index (κ1) is 17.4. The molecule has 0 atom stereocenters. The molecular formula is C17H29N5O2. The van der Waals surface area contributed by atoms with Gasteiger partial charge < -0.3 is 19.6 Å². The largest absolute Gasteiger partial charge is 0.356 e. The van der Waals surface area contributed by atoms with Crippen molar-refractivity contribution in [3.63, 3.8) is 0 Å². The van der Waals surface area contributed by atoms with Gasteiger partial charge in [0.2, 0.25) is 11.8 Å². The van der Waals surface area contributed by atoms with Gasteiger partial charge in [-0.15, -0.1) is 0 Å². The molecule has 1 aromatic rings. The fourth-order valence-electron chi connectivity index (χ4n) is 3.44. The van der Waals surface area contributed by atoms with E-state index in [9.17, 15) is 4.79 Å². The van der Waals surface area contributed by atoms with Crippen LogP contribution in [0.1, 0.15) is 49.7 Å². The summed E-state index contributed by atoms with van der Waals surface area (Å²) < 4.78 is 5.36. The zero-order chi connectivity index (χ0) is 16.8. The van der Waals surface area contributed by atoms with Crippen LogP contribution < -0.4 is 5.32 Å². The Morgan fingerprint density at radius 1 is 1.25 bits per heavy atom. The third-order valence-electron chi connectivity index (χ3n) is 5.11. The zero-order valence-corrected chi connectivity index (χ0v) is 14.7. The molecule has 0 unspecified atom stereocenters. The van der Waals surface area contributed by atoms with Crippen LogP contribution in [0.3, 0.4) is 0 Å². The lowest BCUT2D eigenvalue weighted by atomic mass is 10.1. The maximum Gasteiger partial charge on any atom is 0.229 e. The van der Waals surface area contributed by atoms with E-state index in [-0.39, 0.29) is 5.91 Å². The Morgan fingerprint density at radius 2 is 2.00 bits per heavy atom. The second-order valence-corrected chi connectivity index (χ2v) is 7.03. The van der Waals surface area contributed by atoms with Crippen molar-refractivity contribution in [2.24, 2.45) is 0 Å². The van der Waals surface area contributed by atoms with Crippen molar-refractivity contribution in [3.8, 4) is 0 Å². The maximum atomic E-state index is 11.9. The van der Waals surface area contributed by atoms with Crippen LogP contribution in [0.5, 0.6) is 0 Å². The van der Waals surface area contributed by atoms with Crippen LogP contribution in [0.25, 0.3) is 0 Å². The molecule has 0 aromatic carbocycles. The topological polar surface area (TPSA) is 74.5 Å². The van der Waals surface area contributed by atoms with Gasteiger partial charge in [0, 0.05) is 58.0 Å². The molecule has 3 rings (SSSR count). The van der Waals surface area contributed by atoms with Crippen molar-refractivity contribution in [1.29, 1.82) is 0 Å². The van der Waals surface area contributed by atoms with Gasteiger partial charge >= 0.3 is 0 Å². The molecule has 134 valence electrons. The molecule has 1 aliphatic heterocycles. The highest BCUT2D eigenvalue weighted by Crippen LogP contribution is 2.32. The van der Waals surface area contributed by atoms with Gasteiger partial charge in [0.25, 0.3) is 0 Å². The first-order valence-electron chi connectivity index (χ1n) is 9.21. The van der Waals surface area contributed by atoms with Gasteiger partial charge in [0.1, 0.15) is 0 Å². The monoisotopic (exact) mass is 335 g/mol. The van der Waals surface area contributed by atoms with Crippen molar-refractivity contribution in [2.75, 3.05) is 46.3 Å². The maximum absolute atomic E-state index is 11.9. The van der Waals surface area contributed by atoms with E-state index in [0.717, 1.165) is 51.5 Å². The number of piperazine rings is 1. The van der Waals surface area contributed by atoms with Gasteiger partial charge in [0.05, 0.1) is 0 Å². The quantitative estimate of drug-likeness (QED) is 0.802.